The zero-order chi connectivity index (χ0) is 8.81. The van der Waals surface area contributed by atoms with Crippen LogP contribution < -0.4 is 0 Å². The van der Waals surface area contributed by atoms with Crippen molar-refractivity contribution in [1.82, 2.24) is 4.90 Å². The summed E-state index contributed by atoms with van der Waals surface area (Å²) in [6, 6.07) is 0. The highest BCUT2D eigenvalue weighted by molar-refractivity contribution is 5.89. The highest BCUT2D eigenvalue weighted by Crippen LogP contribution is 1.98. The smallest absolute Gasteiger partial charge is 0.156 e. The van der Waals surface area contributed by atoms with Crippen LogP contribution in [0, 0.1) is 0 Å². The number of ether oxygens (including phenoxy) is 1. The Bertz CT molecular complexity index is 162. The van der Waals surface area contributed by atoms with E-state index in [1.165, 1.54) is 6.08 Å². The molecule has 0 aromatic heterocycles. The molecule has 0 spiro atoms. The molecule has 0 N–H and O–H groups in total. The molecule has 1 aliphatic heterocycles. The second kappa shape index (κ2) is 5.06. The fourth-order valence-electron chi connectivity index (χ4n) is 1.20. The SMILES string of the molecule is C=CC(=O)CCN1CCOCC1. The first-order valence-corrected chi connectivity index (χ1v) is 4.28. The van der Waals surface area contributed by atoms with Crippen molar-refractivity contribution in [2.24, 2.45) is 0 Å². The Morgan fingerprint density at radius 1 is 1.50 bits per heavy atom. The first-order chi connectivity index (χ1) is 5.83. The van der Waals surface area contributed by atoms with Gasteiger partial charge in [0.1, 0.15) is 0 Å². The molecule has 0 saturated carbocycles. The van der Waals surface area contributed by atoms with Gasteiger partial charge in [-0.2, -0.15) is 0 Å². The molecule has 1 fully saturated rings. The van der Waals surface area contributed by atoms with Gasteiger partial charge in [-0.05, 0) is 6.08 Å². The van der Waals surface area contributed by atoms with Crippen LogP contribution in [-0.2, 0) is 9.53 Å². The number of hydrogen-bond acceptors (Lipinski definition) is 3. The lowest BCUT2D eigenvalue weighted by Gasteiger charge is -2.25. The second-order valence-corrected chi connectivity index (χ2v) is 2.87. The van der Waals surface area contributed by atoms with Crippen LogP contribution in [0.15, 0.2) is 12.7 Å². The van der Waals surface area contributed by atoms with Gasteiger partial charge in [0.05, 0.1) is 13.2 Å². The summed E-state index contributed by atoms with van der Waals surface area (Å²) in [6.45, 7) is 7.76. The molecule has 12 heavy (non-hydrogen) atoms. The molecule has 1 heterocycles. The van der Waals surface area contributed by atoms with E-state index in [2.05, 4.69) is 11.5 Å². The standard InChI is InChI=1S/C9H15NO2/c1-2-9(11)3-4-10-5-7-12-8-6-10/h2H,1,3-8H2. The van der Waals surface area contributed by atoms with E-state index in [9.17, 15) is 4.79 Å². The van der Waals surface area contributed by atoms with E-state index < -0.39 is 0 Å². The summed E-state index contributed by atoms with van der Waals surface area (Å²) >= 11 is 0. The van der Waals surface area contributed by atoms with Crippen LogP contribution in [0.2, 0.25) is 0 Å². The topological polar surface area (TPSA) is 29.5 Å². The maximum atomic E-state index is 10.9. The maximum Gasteiger partial charge on any atom is 0.156 e. The Balaban J connectivity index is 2.12. The third kappa shape index (κ3) is 3.15. The van der Waals surface area contributed by atoms with Gasteiger partial charge in [-0.15, -0.1) is 0 Å². The molecule has 0 bridgehead atoms. The Morgan fingerprint density at radius 3 is 2.75 bits per heavy atom. The van der Waals surface area contributed by atoms with Gasteiger partial charge in [-0.1, -0.05) is 6.58 Å². The highest BCUT2D eigenvalue weighted by Gasteiger charge is 2.10. The molecule has 3 nitrogen and oxygen atoms in total. The van der Waals surface area contributed by atoms with Crippen LogP contribution in [0.1, 0.15) is 6.42 Å². The van der Waals surface area contributed by atoms with Crippen molar-refractivity contribution in [2.75, 3.05) is 32.8 Å². The Kier molecular flexibility index (Phi) is 3.97. The average Bonchev–Trinajstić information content (AvgIpc) is 2.16. The molecule has 0 aromatic rings. The monoisotopic (exact) mass is 169 g/mol. The van der Waals surface area contributed by atoms with E-state index in [-0.39, 0.29) is 5.78 Å². The number of morpholine rings is 1. The van der Waals surface area contributed by atoms with Gasteiger partial charge < -0.3 is 4.74 Å². The van der Waals surface area contributed by atoms with Crippen molar-refractivity contribution in [1.29, 1.82) is 0 Å². The number of carbonyl (C=O) groups excluding carboxylic acids is 1. The molecule has 0 aromatic carbocycles. The number of carbonyl (C=O) groups is 1. The summed E-state index contributed by atoms with van der Waals surface area (Å²) in [6.07, 6.45) is 1.98. The number of ketones is 1. The van der Waals surface area contributed by atoms with Crippen LogP contribution in [0.25, 0.3) is 0 Å². The zero-order valence-corrected chi connectivity index (χ0v) is 7.29. The van der Waals surface area contributed by atoms with Gasteiger partial charge in [-0.3, -0.25) is 9.69 Å². The predicted octanol–water partition coefficient (Wildman–Crippen LogP) is 0.464. The van der Waals surface area contributed by atoms with Crippen LogP contribution in [0.4, 0.5) is 0 Å². The lowest BCUT2D eigenvalue weighted by molar-refractivity contribution is -0.115. The summed E-state index contributed by atoms with van der Waals surface area (Å²) in [5.41, 5.74) is 0. The summed E-state index contributed by atoms with van der Waals surface area (Å²) in [5, 5.41) is 0. The van der Waals surface area contributed by atoms with E-state index in [4.69, 9.17) is 4.74 Å². The minimum absolute atomic E-state index is 0.126. The normalized spacial score (nSPS) is 19.0. The lowest BCUT2D eigenvalue weighted by atomic mass is 10.2. The van der Waals surface area contributed by atoms with Gasteiger partial charge in [0.25, 0.3) is 0 Å². The van der Waals surface area contributed by atoms with Crippen LogP contribution in [0.3, 0.4) is 0 Å². The molecule has 1 aliphatic rings. The summed E-state index contributed by atoms with van der Waals surface area (Å²) < 4.78 is 5.19. The lowest BCUT2D eigenvalue weighted by Crippen LogP contribution is -2.37. The molecular weight excluding hydrogens is 154 g/mol. The van der Waals surface area contributed by atoms with Crippen molar-refractivity contribution in [2.45, 2.75) is 6.42 Å². The Morgan fingerprint density at radius 2 is 2.17 bits per heavy atom. The fraction of sp³-hybridized carbons (Fsp3) is 0.667. The first kappa shape index (κ1) is 9.42. The number of hydrogen-bond donors (Lipinski definition) is 0. The molecule has 0 radical (unpaired) electrons. The van der Waals surface area contributed by atoms with Crippen molar-refractivity contribution in [3.8, 4) is 0 Å². The van der Waals surface area contributed by atoms with E-state index in [0.717, 1.165) is 32.8 Å². The second-order valence-electron chi connectivity index (χ2n) is 2.87. The molecule has 3 heteroatoms. The number of nitrogens with zero attached hydrogens (tertiary/aromatic N) is 1. The first-order valence-electron chi connectivity index (χ1n) is 4.28. The van der Waals surface area contributed by atoms with Gasteiger partial charge in [0.15, 0.2) is 5.78 Å². The molecule has 1 rings (SSSR count). The van der Waals surface area contributed by atoms with Gasteiger partial charge in [0.2, 0.25) is 0 Å². The van der Waals surface area contributed by atoms with E-state index >= 15 is 0 Å². The van der Waals surface area contributed by atoms with E-state index in [0.29, 0.717) is 6.42 Å². The minimum Gasteiger partial charge on any atom is -0.379 e. The molecule has 68 valence electrons. The summed E-state index contributed by atoms with van der Waals surface area (Å²) in [5.74, 6) is 0.126. The van der Waals surface area contributed by atoms with Crippen molar-refractivity contribution >= 4 is 5.78 Å². The number of allylic oxidation sites excluding steroid dienone is 1. The third-order valence-corrected chi connectivity index (χ3v) is 2.01. The predicted molar refractivity (Wildman–Crippen MR) is 47.1 cm³/mol. The third-order valence-electron chi connectivity index (χ3n) is 2.01. The summed E-state index contributed by atoms with van der Waals surface area (Å²) in [7, 11) is 0. The Hall–Kier alpha value is -0.670. The van der Waals surface area contributed by atoms with E-state index in [1.54, 1.807) is 0 Å². The molecule has 1 saturated heterocycles. The molecule has 0 amide bonds. The summed E-state index contributed by atoms with van der Waals surface area (Å²) in [4.78, 5) is 13.1. The fourth-order valence-corrected chi connectivity index (χ4v) is 1.20. The highest BCUT2D eigenvalue weighted by atomic mass is 16.5. The minimum atomic E-state index is 0.126. The molecular formula is C9H15NO2. The van der Waals surface area contributed by atoms with Gasteiger partial charge in [0, 0.05) is 26.1 Å². The maximum absolute atomic E-state index is 10.9. The van der Waals surface area contributed by atoms with Crippen molar-refractivity contribution in [3.63, 3.8) is 0 Å². The van der Waals surface area contributed by atoms with E-state index in [1.807, 2.05) is 0 Å². The van der Waals surface area contributed by atoms with Crippen LogP contribution in [-0.4, -0.2) is 43.5 Å². The van der Waals surface area contributed by atoms with Crippen molar-refractivity contribution < 1.29 is 9.53 Å². The van der Waals surface area contributed by atoms with Gasteiger partial charge >= 0.3 is 0 Å². The van der Waals surface area contributed by atoms with Crippen molar-refractivity contribution in [3.05, 3.63) is 12.7 Å². The molecule has 0 unspecified atom stereocenters. The zero-order valence-electron chi connectivity index (χ0n) is 7.29. The van der Waals surface area contributed by atoms with Crippen LogP contribution >= 0.6 is 0 Å². The Labute approximate surface area is 73.0 Å². The largest absolute Gasteiger partial charge is 0.379 e. The average molecular weight is 169 g/mol. The quantitative estimate of drug-likeness (QED) is 0.573. The van der Waals surface area contributed by atoms with Gasteiger partial charge in [-0.25, -0.2) is 0 Å². The molecule has 0 aliphatic carbocycles. The molecule has 0 atom stereocenters. The number of rotatable bonds is 4. The van der Waals surface area contributed by atoms with Crippen LogP contribution in [0.5, 0.6) is 0 Å².